The number of nitrogens with zero attached hydrogens (tertiary/aromatic N) is 1. The third-order valence-corrected chi connectivity index (χ3v) is 2.95. The Labute approximate surface area is 96.8 Å². The molecule has 1 rings (SSSR count). The van der Waals surface area contributed by atoms with Crippen LogP contribution in [0.1, 0.15) is 22.3 Å². The highest BCUT2D eigenvalue weighted by Gasteiger charge is 2.21. The van der Waals surface area contributed by atoms with Gasteiger partial charge in [-0.1, -0.05) is 11.6 Å². The van der Waals surface area contributed by atoms with Gasteiger partial charge in [-0.15, -0.1) is 0 Å². The van der Waals surface area contributed by atoms with Crippen molar-refractivity contribution in [2.24, 2.45) is 5.73 Å². The van der Waals surface area contributed by atoms with E-state index in [0.717, 1.165) is 6.20 Å². The van der Waals surface area contributed by atoms with Crippen molar-refractivity contribution in [1.82, 2.24) is 4.98 Å². The second kappa shape index (κ2) is 4.35. The Morgan fingerprint density at radius 2 is 2.21 bits per heavy atom. The van der Waals surface area contributed by atoms with Crippen molar-refractivity contribution in [3.8, 4) is 0 Å². The van der Waals surface area contributed by atoms with E-state index < -0.39 is 17.9 Å². The van der Waals surface area contributed by atoms with Crippen LogP contribution in [0, 0.1) is 3.57 Å². The van der Waals surface area contributed by atoms with Crippen molar-refractivity contribution in [2.45, 2.75) is 6.43 Å². The number of pyridine rings is 1. The van der Waals surface area contributed by atoms with Gasteiger partial charge < -0.3 is 5.73 Å². The molecule has 0 aliphatic carbocycles. The SMILES string of the molecule is NC(=O)c1cnc(Cl)c(C(F)F)c1I. The number of carbonyl (C=O) groups is 1. The summed E-state index contributed by atoms with van der Waals surface area (Å²) < 4.78 is 24.9. The highest BCUT2D eigenvalue weighted by Crippen LogP contribution is 2.31. The minimum absolute atomic E-state index is 0.0464. The lowest BCUT2D eigenvalue weighted by molar-refractivity contribution is 0.0998. The summed E-state index contributed by atoms with van der Waals surface area (Å²) in [6, 6.07) is 0. The molecule has 0 spiro atoms. The third kappa shape index (κ3) is 2.11. The fourth-order valence-electron chi connectivity index (χ4n) is 0.841. The van der Waals surface area contributed by atoms with E-state index in [-0.39, 0.29) is 14.3 Å². The Morgan fingerprint density at radius 1 is 1.64 bits per heavy atom. The summed E-state index contributed by atoms with van der Waals surface area (Å²) in [7, 11) is 0. The number of hydrogen-bond donors (Lipinski definition) is 1. The minimum Gasteiger partial charge on any atom is -0.366 e. The Bertz CT molecular complexity index is 386. The van der Waals surface area contributed by atoms with E-state index in [1.54, 1.807) is 22.6 Å². The van der Waals surface area contributed by atoms with Gasteiger partial charge in [0.2, 0.25) is 0 Å². The Morgan fingerprint density at radius 3 is 2.64 bits per heavy atom. The Balaban J connectivity index is 3.41. The predicted octanol–water partition coefficient (Wildman–Crippen LogP) is 2.38. The molecule has 1 aromatic heterocycles. The zero-order valence-electron chi connectivity index (χ0n) is 6.60. The molecule has 0 aliphatic rings. The van der Waals surface area contributed by atoms with Gasteiger partial charge in [-0.25, -0.2) is 13.8 Å². The number of carbonyl (C=O) groups excluding carboxylic acids is 1. The van der Waals surface area contributed by atoms with Crippen molar-refractivity contribution in [3.05, 3.63) is 26.0 Å². The minimum atomic E-state index is -2.78. The summed E-state index contributed by atoms with van der Waals surface area (Å²) in [5.74, 6) is -0.805. The molecule has 76 valence electrons. The average Bonchev–Trinajstić information content (AvgIpc) is 2.02. The fraction of sp³-hybridized carbons (Fsp3) is 0.143. The van der Waals surface area contributed by atoms with Gasteiger partial charge in [0.25, 0.3) is 12.3 Å². The molecule has 0 atom stereocenters. The van der Waals surface area contributed by atoms with Crippen molar-refractivity contribution in [3.63, 3.8) is 0 Å². The maximum absolute atomic E-state index is 12.5. The first-order valence-corrected chi connectivity index (χ1v) is 4.82. The van der Waals surface area contributed by atoms with E-state index in [0.29, 0.717) is 0 Å². The van der Waals surface area contributed by atoms with Crippen LogP contribution in [0.3, 0.4) is 0 Å². The summed E-state index contributed by atoms with van der Waals surface area (Å²) >= 11 is 7.04. The Kier molecular flexibility index (Phi) is 3.59. The van der Waals surface area contributed by atoms with Crippen molar-refractivity contribution in [1.29, 1.82) is 0 Å². The Hall–Kier alpha value is -0.500. The smallest absolute Gasteiger partial charge is 0.267 e. The van der Waals surface area contributed by atoms with Crippen molar-refractivity contribution >= 4 is 40.1 Å². The summed E-state index contributed by atoms with van der Waals surface area (Å²) in [4.78, 5) is 14.3. The van der Waals surface area contributed by atoms with Gasteiger partial charge in [-0.05, 0) is 22.6 Å². The lowest BCUT2D eigenvalue weighted by Crippen LogP contribution is -2.15. The summed E-state index contributed by atoms with van der Waals surface area (Å²) in [6.45, 7) is 0. The molecule has 2 N–H and O–H groups in total. The van der Waals surface area contributed by atoms with E-state index in [2.05, 4.69) is 4.98 Å². The zero-order chi connectivity index (χ0) is 10.9. The van der Waals surface area contributed by atoms with E-state index in [4.69, 9.17) is 17.3 Å². The van der Waals surface area contributed by atoms with E-state index >= 15 is 0 Å². The molecule has 0 aliphatic heterocycles. The van der Waals surface area contributed by atoms with Gasteiger partial charge in [0.05, 0.1) is 11.1 Å². The first kappa shape index (κ1) is 11.6. The van der Waals surface area contributed by atoms with Crippen LogP contribution in [0.25, 0.3) is 0 Å². The number of hydrogen-bond acceptors (Lipinski definition) is 2. The fourth-order valence-corrected chi connectivity index (χ4v) is 2.12. The maximum Gasteiger partial charge on any atom is 0.267 e. The number of rotatable bonds is 2. The van der Waals surface area contributed by atoms with Crippen LogP contribution >= 0.6 is 34.2 Å². The van der Waals surface area contributed by atoms with Crippen molar-refractivity contribution in [2.75, 3.05) is 0 Å². The van der Waals surface area contributed by atoms with Gasteiger partial charge >= 0.3 is 0 Å². The molecule has 0 bridgehead atoms. The first-order valence-electron chi connectivity index (χ1n) is 3.37. The van der Waals surface area contributed by atoms with Crippen LogP contribution in [0.2, 0.25) is 5.15 Å². The van der Waals surface area contributed by atoms with Crippen molar-refractivity contribution < 1.29 is 13.6 Å². The molecule has 3 nitrogen and oxygen atoms in total. The third-order valence-electron chi connectivity index (χ3n) is 1.49. The number of nitrogens with two attached hydrogens (primary N) is 1. The largest absolute Gasteiger partial charge is 0.366 e. The molecule has 0 fully saturated rings. The van der Waals surface area contributed by atoms with Crippen LogP contribution in [-0.4, -0.2) is 10.9 Å². The van der Waals surface area contributed by atoms with Gasteiger partial charge in [-0.3, -0.25) is 4.79 Å². The molecule has 0 radical (unpaired) electrons. The van der Waals surface area contributed by atoms with Gasteiger partial charge in [-0.2, -0.15) is 0 Å². The normalized spacial score (nSPS) is 10.6. The quantitative estimate of drug-likeness (QED) is 0.668. The second-order valence-corrected chi connectivity index (χ2v) is 3.79. The number of primary amides is 1. The monoisotopic (exact) mass is 332 g/mol. The molecule has 1 aromatic rings. The summed E-state index contributed by atoms with van der Waals surface area (Å²) in [5, 5.41) is -0.311. The summed E-state index contributed by atoms with van der Waals surface area (Å²) in [6.07, 6.45) is -1.70. The first-order chi connectivity index (χ1) is 6.45. The number of aromatic nitrogens is 1. The average molecular weight is 332 g/mol. The van der Waals surface area contributed by atoms with Crippen LogP contribution in [-0.2, 0) is 0 Å². The molecule has 1 amide bonds. The highest BCUT2D eigenvalue weighted by molar-refractivity contribution is 14.1. The second-order valence-electron chi connectivity index (χ2n) is 2.36. The molecule has 7 heteroatoms. The van der Waals surface area contributed by atoms with Crippen LogP contribution < -0.4 is 5.73 Å². The van der Waals surface area contributed by atoms with Crippen LogP contribution in [0.5, 0.6) is 0 Å². The van der Waals surface area contributed by atoms with Gasteiger partial charge in [0.1, 0.15) is 5.15 Å². The van der Waals surface area contributed by atoms with E-state index in [1.807, 2.05) is 0 Å². The molecule has 1 heterocycles. The molecule has 0 aromatic carbocycles. The van der Waals surface area contributed by atoms with Gasteiger partial charge in [0, 0.05) is 9.77 Å². The van der Waals surface area contributed by atoms with Gasteiger partial charge in [0.15, 0.2) is 0 Å². The summed E-state index contributed by atoms with van der Waals surface area (Å²) in [5.41, 5.74) is 4.46. The molecule has 0 saturated heterocycles. The molecule has 0 unspecified atom stereocenters. The lowest BCUT2D eigenvalue weighted by Gasteiger charge is -2.07. The number of halogens is 4. The predicted molar refractivity (Wildman–Crippen MR) is 55.4 cm³/mol. The zero-order valence-corrected chi connectivity index (χ0v) is 9.51. The molecule has 0 saturated carbocycles. The maximum atomic E-state index is 12.5. The van der Waals surface area contributed by atoms with Crippen LogP contribution in [0.15, 0.2) is 6.20 Å². The standard InChI is InChI=1S/C7H4ClF2IN2O/c8-5-3(6(9)10)4(11)2(1-13-5)7(12)14/h1,6H,(H2,12,14). The number of amides is 1. The molecule has 14 heavy (non-hydrogen) atoms. The highest BCUT2D eigenvalue weighted by atomic mass is 127. The topological polar surface area (TPSA) is 56.0 Å². The number of alkyl halides is 2. The van der Waals surface area contributed by atoms with E-state index in [9.17, 15) is 13.6 Å². The lowest BCUT2D eigenvalue weighted by atomic mass is 10.2. The van der Waals surface area contributed by atoms with Crippen LogP contribution in [0.4, 0.5) is 8.78 Å². The molecular formula is C7H4ClF2IN2O. The van der Waals surface area contributed by atoms with E-state index in [1.165, 1.54) is 0 Å². The molecular weight excluding hydrogens is 328 g/mol.